The van der Waals surface area contributed by atoms with Crippen LogP contribution in [0.3, 0.4) is 0 Å². The minimum Gasteiger partial charge on any atom is -0.478 e. The first-order chi connectivity index (χ1) is 9.47. The molecule has 0 aliphatic heterocycles. The van der Waals surface area contributed by atoms with Crippen molar-refractivity contribution in [2.75, 3.05) is 24.3 Å². The van der Waals surface area contributed by atoms with Crippen LogP contribution in [-0.4, -0.2) is 25.2 Å². The Morgan fingerprint density at radius 1 is 1.15 bits per heavy atom. The number of carboxylic acid groups (broad SMARTS) is 1. The van der Waals surface area contributed by atoms with E-state index in [0.29, 0.717) is 5.69 Å². The van der Waals surface area contributed by atoms with Gasteiger partial charge in [0.1, 0.15) is 0 Å². The topological polar surface area (TPSA) is 52.6 Å². The third kappa shape index (κ3) is 3.09. The van der Waals surface area contributed by atoms with Gasteiger partial charge in [-0.2, -0.15) is 0 Å². The lowest BCUT2D eigenvalue weighted by Gasteiger charge is -2.15. The Morgan fingerprint density at radius 3 is 2.55 bits per heavy atom. The second-order valence-electron chi connectivity index (χ2n) is 4.92. The predicted molar refractivity (Wildman–Crippen MR) is 82.2 cm³/mol. The van der Waals surface area contributed by atoms with E-state index in [0.717, 1.165) is 16.9 Å². The van der Waals surface area contributed by atoms with Crippen molar-refractivity contribution in [2.45, 2.75) is 6.92 Å². The van der Waals surface area contributed by atoms with Crippen LogP contribution in [0.1, 0.15) is 15.9 Å². The third-order valence-corrected chi connectivity index (χ3v) is 3.05. The van der Waals surface area contributed by atoms with Gasteiger partial charge in [0.2, 0.25) is 0 Å². The predicted octanol–water partition coefficient (Wildman–Crippen LogP) is 3.50. The molecule has 0 aliphatic carbocycles. The average molecular weight is 270 g/mol. The van der Waals surface area contributed by atoms with Crippen LogP contribution in [0.5, 0.6) is 0 Å². The zero-order valence-corrected chi connectivity index (χ0v) is 11.8. The molecule has 20 heavy (non-hydrogen) atoms. The second-order valence-corrected chi connectivity index (χ2v) is 4.92. The molecule has 0 radical (unpaired) electrons. The smallest absolute Gasteiger partial charge is 0.337 e. The third-order valence-electron chi connectivity index (χ3n) is 3.05. The number of aryl methyl sites for hydroxylation is 1. The molecule has 2 N–H and O–H groups in total. The van der Waals surface area contributed by atoms with Gasteiger partial charge in [0.05, 0.1) is 11.3 Å². The zero-order valence-electron chi connectivity index (χ0n) is 11.8. The molecule has 4 nitrogen and oxygen atoms in total. The van der Waals surface area contributed by atoms with Crippen LogP contribution in [0.4, 0.5) is 17.1 Å². The molecule has 0 unspecified atom stereocenters. The first-order valence-corrected chi connectivity index (χ1v) is 6.36. The second kappa shape index (κ2) is 5.65. The maximum atomic E-state index is 11.3. The summed E-state index contributed by atoms with van der Waals surface area (Å²) in [7, 11) is 3.93. The van der Waals surface area contributed by atoms with Gasteiger partial charge >= 0.3 is 5.97 Å². The summed E-state index contributed by atoms with van der Waals surface area (Å²) >= 11 is 0. The molecule has 0 aromatic heterocycles. The Kier molecular flexibility index (Phi) is 3.94. The Balaban J connectivity index is 2.36. The van der Waals surface area contributed by atoms with Crippen molar-refractivity contribution in [1.82, 2.24) is 0 Å². The number of anilines is 3. The normalized spacial score (nSPS) is 10.2. The summed E-state index contributed by atoms with van der Waals surface area (Å²) in [6.07, 6.45) is 0. The molecular weight excluding hydrogens is 252 g/mol. The molecule has 0 amide bonds. The van der Waals surface area contributed by atoms with E-state index in [1.165, 1.54) is 0 Å². The van der Waals surface area contributed by atoms with E-state index in [1.807, 2.05) is 56.3 Å². The lowest BCUT2D eigenvalue weighted by Crippen LogP contribution is -2.09. The SMILES string of the molecule is Cc1ccc(C(=O)O)c(Nc2cccc(N(C)C)c2)c1. The van der Waals surface area contributed by atoms with Gasteiger partial charge in [-0.25, -0.2) is 4.79 Å². The van der Waals surface area contributed by atoms with Crippen molar-refractivity contribution in [1.29, 1.82) is 0 Å². The van der Waals surface area contributed by atoms with Gasteiger partial charge in [0.25, 0.3) is 0 Å². The van der Waals surface area contributed by atoms with Crippen molar-refractivity contribution in [3.05, 3.63) is 53.6 Å². The summed E-state index contributed by atoms with van der Waals surface area (Å²) in [5.41, 5.74) is 3.81. The van der Waals surface area contributed by atoms with E-state index in [-0.39, 0.29) is 5.56 Å². The Bertz CT molecular complexity index is 636. The quantitative estimate of drug-likeness (QED) is 0.892. The van der Waals surface area contributed by atoms with Gasteiger partial charge in [-0.1, -0.05) is 12.1 Å². The number of carbonyl (C=O) groups is 1. The highest BCUT2D eigenvalue weighted by Crippen LogP contribution is 2.25. The Labute approximate surface area is 118 Å². The molecule has 0 saturated heterocycles. The largest absolute Gasteiger partial charge is 0.478 e. The van der Waals surface area contributed by atoms with Crippen molar-refractivity contribution in [3.8, 4) is 0 Å². The van der Waals surface area contributed by atoms with E-state index < -0.39 is 5.97 Å². The molecule has 0 spiro atoms. The van der Waals surface area contributed by atoms with Crippen LogP contribution in [0.15, 0.2) is 42.5 Å². The van der Waals surface area contributed by atoms with Gasteiger partial charge in [0, 0.05) is 25.5 Å². The van der Waals surface area contributed by atoms with E-state index in [9.17, 15) is 9.90 Å². The van der Waals surface area contributed by atoms with Gasteiger partial charge in [-0.3, -0.25) is 0 Å². The zero-order chi connectivity index (χ0) is 14.7. The van der Waals surface area contributed by atoms with Crippen LogP contribution in [-0.2, 0) is 0 Å². The van der Waals surface area contributed by atoms with Crippen LogP contribution in [0.25, 0.3) is 0 Å². The number of carboxylic acids is 1. The summed E-state index contributed by atoms with van der Waals surface area (Å²) in [5, 5.41) is 12.4. The molecule has 0 saturated carbocycles. The number of hydrogen-bond acceptors (Lipinski definition) is 3. The minimum absolute atomic E-state index is 0.269. The van der Waals surface area contributed by atoms with Crippen molar-refractivity contribution < 1.29 is 9.90 Å². The van der Waals surface area contributed by atoms with Crippen LogP contribution in [0.2, 0.25) is 0 Å². The first kappa shape index (κ1) is 13.9. The number of hydrogen-bond donors (Lipinski definition) is 2. The standard InChI is InChI=1S/C16H18N2O2/c1-11-7-8-14(16(19)20)15(9-11)17-12-5-4-6-13(10-12)18(2)3/h4-10,17H,1-3H3,(H,19,20). The lowest BCUT2D eigenvalue weighted by molar-refractivity contribution is 0.0698. The van der Waals surface area contributed by atoms with Crippen molar-refractivity contribution in [2.24, 2.45) is 0 Å². The number of nitrogens with zero attached hydrogens (tertiary/aromatic N) is 1. The Morgan fingerprint density at radius 2 is 1.90 bits per heavy atom. The average Bonchev–Trinajstić information content (AvgIpc) is 2.38. The summed E-state index contributed by atoms with van der Waals surface area (Å²) in [6, 6.07) is 13.1. The van der Waals surface area contributed by atoms with E-state index in [4.69, 9.17) is 0 Å². The van der Waals surface area contributed by atoms with Gasteiger partial charge in [-0.15, -0.1) is 0 Å². The van der Waals surface area contributed by atoms with E-state index >= 15 is 0 Å². The molecule has 0 bridgehead atoms. The van der Waals surface area contributed by atoms with E-state index in [1.54, 1.807) is 12.1 Å². The van der Waals surface area contributed by atoms with Crippen LogP contribution in [0, 0.1) is 6.92 Å². The summed E-state index contributed by atoms with van der Waals surface area (Å²) in [5.74, 6) is -0.934. The first-order valence-electron chi connectivity index (χ1n) is 6.36. The summed E-state index contributed by atoms with van der Waals surface area (Å²) < 4.78 is 0. The lowest BCUT2D eigenvalue weighted by atomic mass is 10.1. The van der Waals surface area contributed by atoms with Crippen molar-refractivity contribution >= 4 is 23.0 Å². The molecule has 0 atom stereocenters. The monoisotopic (exact) mass is 270 g/mol. The van der Waals surface area contributed by atoms with E-state index in [2.05, 4.69) is 5.32 Å². The molecule has 4 heteroatoms. The Hall–Kier alpha value is -2.49. The molecule has 0 heterocycles. The molecular formula is C16H18N2O2. The summed E-state index contributed by atoms with van der Waals surface area (Å²) in [6.45, 7) is 1.94. The highest BCUT2D eigenvalue weighted by atomic mass is 16.4. The number of benzene rings is 2. The fourth-order valence-electron chi connectivity index (χ4n) is 1.97. The summed E-state index contributed by atoms with van der Waals surface area (Å²) in [4.78, 5) is 13.2. The molecule has 2 aromatic rings. The fraction of sp³-hybridized carbons (Fsp3) is 0.188. The minimum atomic E-state index is -0.934. The highest BCUT2D eigenvalue weighted by Gasteiger charge is 2.10. The maximum absolute atomic E-state index is 11.3. The van der Waals surface area contributed by atoms with Crippen molar-refractivity contribution in [3.63, 3.8) is 0 Å². The van der Waals surface area contributed by atoms with Crippen LogP contribution < -0.4 is 10.2 Å². The number of aromatic carboxylic acids is 1. The molecule has 0 aliphatic rings. The van der Waals surface area contributed by atoms with Crippen LogP contribution >= 0.6 is 0 Å². The van der Waals surface area contributed by atoms with Gasteiger partial charge in [-0.05, 0) is 42.8 Å². The molecule has 2 aromatic carbocycles. The molecule has 2 rings (SSSR count). The number of rotatable bonds is 4. The highest BCUT2D eigenvalue weighted by molar-refractivity contribution is 5.95. The number of nitrogens with one attached hydrogen (secondary N) is 1. The molecule has 0 fully saturated rings. The van der Waals surface area contributed by atoms with Gasteiger partial charge in [0.15, 0.2) is 0 Å². The maximum Gasteiger partial charge on any atom is 0.337 e. The van der Waals surface area contributed by atoms with Gasteiger partial charge < -0.3 is 15.3 Å². The molecule has 104 valence electrons. The fourth-order valence-corrected chi connectivity index (χ4v) is 1.97.